The summed E-state index contributed by atoms with van der Waals surface area (Å²) >= 11 is 0. The van der Waals surface area contributed by atoms with Gasteiger partial charge in [-0.1, -0.05) is 154 Å². The molecule has 0 N–H and O–H groups in total. The van der Waals surface area contributed by atoms with Crippen LogP contribution in [0.15, 0.2) is 219 Å². The Labute approximate surface area is 367 Å². The van der Waals surface area contributed by atoms with Crippen LogP contribution in [-0.4, -0.2) is 14.1 Å². The molecule has 0 fully saturated rings. The van der Waals surface area contributed by atoms with Crippen molar-refractivity contribution in [1.82, 2.24) is 14.1 Å². The summed E-state index contributed by atoms with van der Waals surface area (Å²) in [7, 11) is 0. The molecule has 3 aromatic heterocycles. The van der Waals surface area contributed by atoms with Gasteiger partial charge in [-0.05, 0) is 93.9 Å². The van der Waals surface area contributed by atoms with Crippen LogP contribution in [0.4, 0.5) is 0 Å². The van der Waals surface area contributed by atoms with Crippen molar-refractivity contribution in [2.24, 2.45) is 0 Å². The van der Waals surface area contributed by atoms with Crippen LogP contribution in [0.2, 0.25) is 0 Å². The van der Waals surface area contributed by atoms with Crippen LogP contribution in [0.5, 0.6) is 11.5 Å². The first-order valence-corrected chi connectivity index (χ1v) is 21.5. The molecule has 11 rings (SSSR count). The summed E-state index contributed by atoms with van der Waals surface area (Å²) in [6, 6.07) is 72.9. The number of hydrogen-bond acceptors (Lipinski definition) is 2. The minimum absolute atomic E-state index is 0.0318. The Balaban J connectivity index is 1.03. The largest absolute Gasteiger partial charge is 0.457 e. The van der Waals surface area contributed by atoms with E-state index in [0.717, 1.165) is 78.4 Å². The summed E-state index contributed by atoms with van der Waals surface area (Å²) in [4.78, 5) is 4.95. The van der Waals surface area contributed by atoms with Crippen LogP contribution in [0, 0.1) is 0 Å². The summed E-state index contributed by atoms with van der Waals surface area (Å²) in [6.07, 6.45) is 4.14. The second-order valence-electron chi connectivity index (χ2n) is 17.1. The quantitative estimate of drug-likeness (QED) is 0.143. The highest BCUT2D eigenvalue weighted by molar-refractivity contribution is 6.10. The average molecular weight is 814 g/mol. The number of rotatable bonds is 8. The van der Waals surface area contributed by atoms with Crippen molar-refractivity contribution in [3.63, 3.8) is 0 Å². The average Bonchev–Trinajstić information content (AvgIpc) is 3.87. The molecular formula is C58H45N4O+. The van der Waals surface area contributed by atoms with Gasteiger partial charge in [-0.3, -0.25) is 4.57 Å². The monoisotopic (exact) mass is 813 g/mol. The van der Waals surface area contributed by atoms with Gasteiger partial charge >= 0.3 is 0 Å². The van der Waals surface area contributed by atoms with Crippen LogP contribution in [0.25, 0.3) is 83.4 Å². The highest BCUT2D eigenvalue weighted by Crippen LogP contribution is 2.39. The summed E-state index contributed by atoms with van der Waals surface area (Å²) in [6.45, 7) is 6.73. The second-order valence-corrected chi connectivity index (χ2v) is 17.1. The highest BCUT2D eigenvalue weighted by atomic mass is 16.5. The Bertz CT molecular complexity index is 3390. The molecule has 302 valence electrons. The molecule has 0 saturated heterocycles. The summed E-state index contributed by atoms with van der Waals surface area (Å²) < 4.78 is 13.7. The third kappa shape index (κ3) is 6.94. The number of imidazole rings is 1. The smallest absolute Gasteiger partial charge is 0.255 e. The van der Waals surface area contributed by atoms with E-state index in [9.17, 15) is 0 Å². The number of ether oxygens (including phenoxy) is 1. The number of aromatic nitrogens is 4. The van der Waals surface area contributed by atoms with Gasteiger partial charge in [-0.2, -0.15) is 9.13 Å². The number of hydrogen-bond donors (Lipinski definition) is 0. The number of fused-ring (bicyclic) bond motifs is 4. The van der Waals surface area contributed by atoms with Crippen LogP contribution >= 0.6 is 0 Å². The van der Waals surface area contributed by atoms with E-state index in [1.54, 1.807) is 0 Å². The van der Waals surface area contributed by atoms with Gasteiger partial charge in [-0.25, -0.2) is 4.98 Å². The lowest BCUT2D eigenvalue weighted by Crippen LogP contribution is -2.30. The summed E-state index contributed by atoms with van der Waals surface area (Å²) in [5.41, 5.74) is 14.6. The van der Waals surface area contributed by atoms with Gasteiger partial charge < -0.3 is 4.74 Å². The molecule has 0 unspecified atom stereocenters. The fourth-order valence-corrected chi connectivity index (χ4v) is 8.96. The molecule has 11 aromatic rings. The van der Waals surface area contributed by atoms with Crippen molar-refractivity contribution in [1.29, 1.82) is 0 Å². The zero-order chi connectivity index (χ0) is 42.5. The van der Waals surface area contributed by atoms with Crippen LogP contribution < -0.4 is 9.30 Å². The van der Waals surface area contributed by atoms with Gasteiger partial charge in [-0.15, -0.1) is 0 Å². The standard InChI is InChI=1S/C58H45N4O/c1-58(2,3)44-33-34-59-56(36-44)62-52-32-29-43(40-17-7-4-8-18-40)35-51(52)50-31-30-47(38-55(50)62)63-46-24-15-23-45(37-46)60-39-61(54-28-14-13-27-53(54)60)57-48(41-19-9-5-10-20-41)25-16-26-49(57)42-21-11-6-12-22-42/h4-39H,1-3H3/q+1. The van der Waals surface area contributed by atoms with E-state index in [0.29, 0.717) is 0 Å². The molecule has 0 bridgehead atoms. The van der Waals surface area contributed by atoms with E-state index in [2.05, 4.69) is 241 Å². The lowest BCUT2D eigenvalue weighted by atomic mass is 9.88. The Kier molecular flexibility index (Phi) is 9.31. The number of benzene rings is 8. The van der Waals surface area contributed by atoms with Gasteiger partial charge in [0.15, 0.2) is 11.0 Å². The molecule has 5 nitrogen and oxygen atoms in total. The lowest BCUT2D eigenvalue weighted by Gasteiger charge is -2.20. The Morgan fingerprint density at radius 1 is 0.476 bits per heavy atom. The molecule has 0 spiro atoms. The van der Waals surface area contributed by atoms with Crippen molar-refractivity contribution in [3.8, 4) is 62.1 Å². The Morgan fingerprint density at radius 2 is 1.13 bits per heavy atom. The molecule has 0 saturated carbocycles. The maximum absolute atomic E-state index is 6.81. The molecule has 0 aliphatic rings. The van der Waals surface area contributed by atoms with Crippen LogP contribution in [-0.2, 0) is 5.41 Å². The van der Waals surface area contributed by atoms with Crippen molar-refractivity contribution in [2.75, 3.05) is 0 Å². The van der Waals surface area contributed by atoms with Gasteiger partial charge in [0.25, 0.3) is 6.33 Å². The molecule has 5 heteroatoms. The van der Waals surface area contributed by atoms with E-state index < -0.39 is 0 Å². The molecule has 63 heavy (non-hydrogen) atoms. The first-order valence-electron chi connectivity index (χ1n) is 21.5. The maximum atomic E-state index is 6.81. The second kappa shape index (κ2) is 15.5. The van der Waals surface area contributed by atoms with E-state index in [4.69, 9.17) is 9.72 Å². The van der Waals surface area contributed by atoms with Gasteiger partial charge in [0, 0.05) is 40.2 Å². The third-order valence-corrected chi connectivity index (χ3v) is 12.1. The third-order valence-electron chi connectivity index (χ3n) is 12.1. The zero-order valence-corrected chi connectivity index (χ0v) is 35.5. The predicted molar refractivity (Wildman–Crippen MR) is 258 cm³/mol. The van der Waals surface area contributed by atoms with E-state index in [1.165, 1.54) is 22.1 Å². The fourth-order valence-electron chi connectivity index (χ4n) is 8.96. The van der Waals surface area contributed by atoms with E-state index in [-0.39, 0.29) is 5.41 Å². The molecular weight excluding hydrogens is 769 g/mol. The maximum Gasteiger partial charge on any atom is 0.255 e. The normalized spacial score (nSPS) is 11.7. The van der Waals surface area contributed by atoms with Crippen molar-refractivity contribution in [3.05, 3.63) is 224 Å². The van der Waals surface area contributed by atoms with E-state index in [1.807, 2.05) is 12.3 Å². The minimum atomic E-state index is -0.0318. The van der Waals surface area contributed by atoms with Gasteiger partial charge in [0.1, 0.15) is 28.7 Å². The predicted octanol–water partition coefficient (Wildman–Crippen LogP) is 14.5. The van der Waals surface area contributed by atoms with Crippen LogP contribution in [0.3, 0.4) is 0 Å². The molecule has 0 aliphatic heterocycles. The van der Waals surface area contributed by atoms with Crippen molar-refractivity contribution >= 4 is 32.8 Å². The number of para-hydroxylation sites is 3. The highest BCUT2D eigenvalue weighted by Gasteiger charge is 2.25. The van der Waals surface area contributed by atoms with Gasteiger partial charge in [0.05, 0.1) is 11.0 Å². The molecule has 0 aliphatic carbocycles. The van der Waals surface area contributed by atoms with Crippen molar-refractivity contribution in [2.45, 2.75) is 26.2 Å². The molecule has 0 atom stereocenters. The SMILES string of the molecule is CC(C)(C)c1ccnc(-n2c3ccc(-c4ccccc4)cc3c3ccc(Oc4cccc(-n5c[n+](-c6c(-c7ccccc7)cccc6-c6ccccc6)c6ccccc65)c4)cc32)c1. The number of pyridine rings is 1. The topological polar surface area (TPSA) is 35.9 Å². The fraction of sp³-hybridized carbons (Fsp3) is 0.0690. The van der Waals surface area contributed by atoms with Gasteiger partial charge in [0.2, 0.25) is 0 Å². The molecule has 0 amide bonds. The minimum Gasteiger partial charge on any atom is -0.457 e. The number of nitrogens with zero attached hydrogens (tertiary/aromatic N) is 4. The zero-order valence-electron chi connectivity index (χ0n) is 35.5. The molecule has 0 radical (unpaired) electrons. The summed E-state index contributed by atoms with van der Waals surface area (Å²) in [5, 5.41) is 2.31. The molecule has 3 heterocycles. The Hall–Kier alpha value is -8.02. The Morgan fingerprint density at radius 3 is 1.84 bits per heavy atom. The summed E-state index contributed by atoms with van der Waals surface area (Å²) in [5.74, 6) is 2.37. The van der Waals surface area contributed by atoms with Crippen molar-refractivity contribution < 1.29 is 9.30 Å². The molecule has 8 aromatic carbocycles. The van der Waals surface area contributed by atoms with E-state index >= 15 is 0 Å². The lowest BCUT2D eigenvalue weighted by molar-refractivity contribution is -0.566. The first kappa shape index (κ1) is 37.9. The first-order chi connectivity index (χ1) is 30.9. The van der Waals surface area contributed by atoms with Crippen LogP contribution in [0.1, 0.15) is 26.3 Å².